The Labute approximate surface area is 179 Å². The summed E-state index contributed by atoms with van der Waals surface area (Å²) in [5.74, 6) is 0.329. The van der Waals surface area contributed by atoms with Gasteiger partial charge in [-0.25, -0.2) is 4.98 Å². The summed E-state index contributed by atoms with van der Waals surface area (Å²) in [5, 5.41) is 5.62. The fourth-order valence-corrected chi connectivity index (χ4v) is 3.99. The van der Waals surface area contributed by atoms with Gasteiger partial charge in [0, 0.05) is 19.2 Å². The summed E-state index contributed by atoms with van der Waals surface area (Å²) in [6, 6.07) is 9.35. The molecular weight excluding hydrogens is 376 g/mol. The summed E-state index contributed by atoms with van der Waals surface area (Å²) in [6.07, 6.45) is 2.81. The zero-order valence-electron chi connectivity index (χ0n) is 19.0. The van der Waals surface area contributed by atoms with E-state index in [2.05, 4.69) is 29.0 Å². The van der Waals surface area contributed by atoms with Crippen LogP contribution in [0, 0.1) is 10.8 Å². The van der Waals surface area contributed by atoms with Crippen LogP contribution in [0.15, 0.2) is 30.3 Å². The SMILES string of the molecule is CNC(=O)[C@@H](NC(=O)c1nc(-c2ccccc2)n2c1CCC(C)(C)CC2)C(C)(C)C. The lowest BCUT2D eigenvalue weighted by Gasteiger charge is -2.29. The third-order valence-electron chi connectivity index (χ3n) is 6.02. The molecule has 1 aromatic carbocycles. The molecule has 0 saturated heterocycles. The van der Waals surface area contributed by atoms with Gasteiger partial charge in [-0.3, -0.25) is 9.59 Å². The van der Waals surface area contributed by atoms with Crippen LogP contribution < -0.4 is 10.6 Å². The van der Waals surface area contributed by atoms with Crippen LogP contribution in [0.1, 0.15) is 63.6 Å². The van der Waals surface area contributed by atoms with Crippen molar-refractivity contribution in [2.75, 3.05) is 7.05 Å². The third kappa shape index (κ3) is 4.58. The fraction of sp³-hybridized carbons (Fsp3) is 0.542. The predicted octanol–water partition coefficient (Wildman–Crippen LogP) is 3.80. The molecule has 6 heteroatoms. The smallest absolute Gasteiger partial charge is 0.272 e. The first-order chi connectivity index (χ1) is 14.0. The van der Waals surface area contributed by atoms with Crippen LogP contribution in [0.2, 0.25) is 0 Å². The highest BCUT2D eigenvalue weighted by atomic mass is 16.2. The number of aromatic nitrogens is 2. The van der Waals surface area contributed by atoms with Crippen LogP contribution in [0.5, 0.6) is 0 Å². The number of fused-ring (bicyclic) bond motifs is 1. The van der Waals surface area contributed by atoms with Crippen molar-refractivity contribution in [3.63, 3.8) is 0 Å². The summed E-state index contributed by atoms with van der Waals surface area (Å²) in [7, 11) is 1.59. The molecule has 0 unspecified atom stereocenters. The molecule has 162 valence electrons. The molecule has 2 aromatic rings. The van der Waals surface area contributed by atoms with Crippen molar-refractivity contribution >= 4 is 11.8 Å². The molecule has 2 N–H and O–H groups in total. The highest BCUT2D eigenvalue weighted by Crippen LogP contribution is 2.35. The maximum atomic E-state index is 13.3. The van der Waals surface area contributed by atoms with Gasteiger partial charge >= 0.3 is 0 Å². The average molecular weight is 411 g/mol. The van der Waals surface area contributed by atoms with Crippen LogP contribution >= 0.6 is 0 Å². The first-order valence-electron chi connectivity index (χ1n) is 10.7. The Bertz CT molecular complexity index is 923. The molecule has 3 rings (SSSR count). The minimum absolute atomic E-state index is 0.203. The number of carbonyl (C=O) groups excluding carboxylic acids is 2. The van der Waals surface area contributed by atoms with Gasteiger partial charge in [0.05, 0.1) is 5.69 Å². The largest absolute Gasteiger partial charge is 0.357 e. The van der Waals surface area contributed by atoms with E-state index in [1.54, 1.807) is 7.05 Å². The molecule has 0 aliphatic carbocycles. The Morgan fingerprint density at radius 3 is 2.40 bits per heavy atom. The van der Waals surface area contributed by atoms with E-state index in [9.17, 15) is 9.59 Å². The predicted molar refractivity (Wildman–Crippen MR) is 119 cm³/mol. The molecule has 1 atom stereocenters. The van der Waals surface area contributed by atoms with Gasteiger partial charge in [0.1, 0.15) is 17.6 Å². The molecule has 0 bridgehead atoms. The molecule has 2 amide bonds. The van der Waals surface area contributed by atoms with Crippen LogP contribution in [-0.2, 0) is 17.8 Å². The van der Waals surface area contributed by atoms with Crippen molar-refractivity contribution in [3.05, 3.63) is 41.7 Å². The van der Waals surface area contributed by atoms with E-state index in [-0.39, 0.29) is 17.2 Å². The van der Waals surface area contributed by atoms with Crippen molar-refractivity contribution in [2.24, 2.45) is 10.8 Å². The minimum atomic E-state index is -0.644. The number of rotatable bonds is 4. The molecule has 0 saturated carbocycles. The Balaban J connectivity index is 2.03. The van der Waals surface area contributed by atoms with E-state index in [4.69, 9.17) is 4.98 Å². The number of imidazole rings is 1. The second-order valence-corrected chi connectivity index (χ2v) is 10.0. The van der Waals surface area contributed by atoms with Gasteiger partial charge in [-0.1, -0.05) is 65.0 Å². The normalized spacial score (nSPS) is 16.9. The molecule has 0 spiro atoms. The Hall–Kier alpha value is -2.63. The average Bonchev–Trinajstić information content (AvgIpc) is 2.99. The zero-order chi connectivity index (χ0) is 22.1. The van der Waals surface area contributed by atoms with Gasteiger partial charge < -0.3 is 15.2 Å². The van der Waals surface area contributed by atoms with E-state index in [1.807, 2.05) is 51.1 Å². The first kappa shape index (κ1) is 22.1. The number of carbonyl (C=O) groups is 2. The van der Waals surface area contributed by atoms with Gasteiger partial charge in [-0.15, -0.1) is 0 Å². The molecule has 1 aliphatic rings. The van der Waals surface area contributed by atoms with E-state index in [1.165, 1.54) is 0 Å². The maximum Gasteiger partial charge on any atom is 0.272 e. The number of hydrogen-bond donors (Lipinski definition) is 2. The van der Waals surface area contributed by atoms with E-state index in [0.29, 0.717) is 5.69 Å². The monoisotopic (exact) mass is 410 g/mol. The van der Waals surface area contributed by atoms with Gasteiger partial charge in [0.2, 0.25) is 5.91 Å². The molecule has 6 nitrogen and oxygen atoms in total. The standard InChI is InChI=1S/C24H34N4O2/c1-23(2,3)19(22(30)25-6)27-21(29)18-17-12-13-24(4,5)14-15-28(17)20(26-18)16-10-8-7-9-11-16/h7-11,19H,12-15H2,1-6H3,(H,25,30)(H,27,29)/t19-/m1/s1. The molecule has 1 aromatic heterocycles. The van der Waals surface area contributed by atoms with Crippen LogP contribution in [-0.4, -0.2) is 34.5 Å². The van der Waals surface area contributed by atoms with Crippen LogP contribution in [0.4, 0.5) is 0 Å². The lowest BCUT2D eigenvalue weighted by Crippen LogP contribution is -2.53. The van der Waals surface area contributed by atoms with Crippen molar-refractivity contribution in [3.8, 4) is 11.4 Å². The van der Waals surface area contributed by atoms with Crippen LogP contribution in [0.25, 0.3) is 11.4 Å². The zero-order valence-corrected chi connectivity index (χ0v) is 19.0. The summed E-state index contributed by atoms with van der Waals surface area (Å²) >= 11 is 0. The molecule has 30 heavy (non-hydrogen) atoms. The number of benzene rings is 1. The number of likely N-dealkylation sites (N-methyl/N-ethyl adjacent to an activating group) is 1. The van der Waals surface area contributed by atoms with E-state index in [0.717, 1.165) is 42.9 Å². The lowest BCUT2D eigenvalue weighted by molar-refractivity contribution is -0.124. The summed E-state index contributed by atoms with van der Waals surface area (Å²) in [5.41, 5.74) is 2.18. The van der Waals surface area contributed by atoms with Crippen molar-refractivity contribution in [1.29, 1.82) is 0 Å². The highest BCUT2D eigenvalue weighted by Gasteiger charge is 2.35. The number of amides is 2. The Morgan fingerprint density at radius 2 is 1.80 bits per heavy atom. The maximum absolute atomic E-state index is 13.3. The highest BCUT2D eigenvalue weighted by molar-refractivity contribution is 5.97. The van der Waals surface area contributed by atoms with Gasteiger partial charge in [0.25, 0.3) is 5.91 Å². The van der Waals surface area contributed by atoms with Crippen molar-refractivity contribution < 1.29 is 9.59 Å². The molecule has 2 heterocycles. The second kappa shape index (κ2) is 8.25. The quantitative estimate of drug-likeness (QED) is 0.805. The summed E-state index contributed by atoms with van der Waals surface area (Å²) < 4.78 is 2.20. The number of nitrogens with one attached hydrogen (secondary N) is 2. The minimum Gasteiger partial charge on any atom is -0.357 e. The van der Waals surface area contributed by atoms with Crippen LogP contribution in [0.3, 0.4) is 0 Å². The lowest BCUT2D eigenvalue weighted by atomic mass is 9.84. The third-order valence-corrected chi connectivity index (χ3v) is 6.02. The van der Waals surface area contributed by atoms with Gasteiger partial charge in [0.15, 0.2) is 0 Å². The molecule has 1 aliphatic heterocycles. The number of nitrogens with zero attached hydrogens (tertiary/aromatic N) is 2. The molecule has 0 fully saturated rings. The molecule has 0 radical (unpaired) electrons. The van der Waals surface area contributed by atoms with E-state index >= 15 is 0 Å². The fourth-order valence-electron chi connectivity index (χ4n) is 3.99. The Morgan fingerprint density at radius 1 is 1.13 bits per heavy atom. The van der Waals surface area contributed by atoms with Crippen molar-refractivity contribution in [2.45, 2.75) is 66.5 Å². The summed E-state index contributed by atoms with van der Waals surface area (Å²) in [4.78, 5) is 30.6. The van der Waals surface area contributed by atoms with E-state index < -0.39 is 11.5 Å². The topological polar surface area (TPSA) is 76.0 Å². The van der Waals surface area contributed by atoms with Crippen molar-refractivity contribution in [1.82, 2.24) is 20.2 Å². The van der Waals surface area contributed by atoms with Gasteiger partial charge in [-0.05, 0) is 30.1 Å². The molecular formula is C24H34N4O2. The first-order valence-corrected chi connectivity index (χ1v) is 10.7. The number of hydrogen-bond acceptors (Lipinski definition) is 3. The van der Waals surface area contributed by atoms with Gasteiger partial charge in [-0.2, -0.15) is 0 Å². The summed E-state index contributed by atoms with van der Waals surface area (Å²) in [6.45, 7) is 11.2. The second-order valence-electron chi connectivity index (χ2n) is 10.0. The Kier molecular flexibility index (Phi) is 6.06.